The first-order valence-electron chi connectivity index (χ1n) is 7.23. The van der Waals surface area contributed by atoms with Gasteiger partial charge in [0.2, 0.25) is 5.91 Å². The van der Waals surface area contributed by atoms with Crippen molar-refractivity contribution in [3.8, 4) is 10.6 Å². The minimum atomic E-state index is -3.47. The number of thiazole rings is 1. The van der Waals surface area contributed by atoms with Crippen LogP contribution in [0.25, 0.3) is 10.6 Å². The van der Waals surface area contributed by atoms with Gasteiger partial charge in [-0.1, -0.05) is 29.8 Å². The zero-order valence-corrected chi connectivity index (χ0v) is 16.0. The summed E-state index contributed by atoms with van der Waals surface area (Å²) in [7, 11) is -3.47. The molecule has 130 valence electrons. The highest BCUT2D eigenvalue weighted by Crippen LogP contribution is 2.32. The van der Waals surface area contributed by atoms with Crippen molar-refractivity contribution < 1.29 is 13.2 Å². The average molecular weight is 413 g/mol. The first-order chi connectivity index (χ1) is 11.9. The van der Waals surface area contributed by atoms with Crippen molar-refractivity contribution in [2.45, 2.75) is 11.3 Å². The molecule has 9 heteroatoms. The summed E-state index contributed by atoms with van der Waals surface area (Å²) in [6.07, 6.45) is -0.128. The van der Waals surface area contributed by atoms with Gasteiger partial charge in [-0.3, -0.25) is 4.79 Å². The lowest BCUT2D eigenvalue weighted by Crippen LogP contribution is -2.17. The van der Waals surface area contributed by atoms with Crippen LogP contribution in [0, 0.1) is 0 Å². The molecule has 3 rings (SSSR count). The standard InChI is InChI=1S/C16H13ClN2O3S3/c17-14-7-6-13(24-14)12-10-23-16(18-12)19-15(20)8-9-25(21,22)11-4-2-1-3-5-11/h1-7,10H,8-9H2,(H,18,19,20). The number of halogens is 1. The molecule has 0 unspecified atom stereocenters. The van der Waals surface area contributed by atoms with E-state index < -0.39 is 9.84 Å². The van der Waals surface area contributed by atoms with Gasteiger partial charge in [0.25, 0.3) is 0 Å². The number of thiophene rings is 1. The number of rotatable bonds is 6. The lowest BCUT2D eigenvalue weighted by atomic mass is 10.4. The normalized spacial score (nSPS) is 11.4. The molecule has 0 radical (unpaired) electrons. The summed E-state index contributed by atoms with van der Waals surface area (Å²) in [6, 6.07) is 11.7. The highest BCUT2D eigenvalue weighted by Gasteiger charge is 2.17. The molecule has 0 saturated heterocycles. The molecule has 1 amide bonds. The molecule has 0 atom stereocenters. The van der Waals surface area contributed by atoms with Crippen molar-refractivity contribution in [3.05, 3.63) is 52.2 Å². The number of nitrogens with one attached hydrogen (secondary N) is 1. The molecule has 1 aromatic carbocycles. The van der Waals surface area contributed by atoms with E-state index in [0.717, 1.165) is 10.6 Å². The average Bonchev–Trinajstić information content (AvgIpc) is 3.23. The third kappa shape index (κ3) is 4.66. The Kier molecular flexibility index (Phi) is 5.53. The fraction of sp³-hybridized carbons (Fsp3) is 0.125. The van der Waals surface area contributed by atoms with Gasteiger partial charge in [0, 0.05) is 11.8 Å². The topological polar surface area (TPSA) is 76.1 Å². The van der Waals surface area contributed by atoms with E-state index in [9.17, 15) is 13.2 Å². The Morgan fingerprint density at radius 2 is 1.92 bits per heavy atom. The Bertz CT molecular complexity index is 981. The number of carbonyl (C=O) groups is 1. The number of nitrogens with zero attached hydrogens (tertiary/aromatic N) is 1. The molecule has 2 aromatic heterocycles. The molecule has 0 aliphatic heterocycles. The maximum absolute atomic E-state index is 12.2. The van der Waals surface area contributed by atoms with Crippen molar-refractivity contribution in [3.63, 3.8) is 0 Å². The van der Waals surface area contributed by atoms with E-state index in [1.54, 1.807) is 24.3 Å². The van der Waals surface area contributed by atoms with Gasteiger partial charge in [-0.15, -0.1) is 22.7 Å². The van der Waals surface area contributed by atoms with Crippen molar-refractivity contribution in [2.75, 3.05) is 11.1 Å². The number of hydrogen-bond donors (Lipinski definition) is 1. The SMILES string of the molecule is O=C(CCS(=O)(=O)c1ccccc1)Nc1nc(-c2ccc(Cl)s2)cs1. The fourth-order valence-electron chi connectivity index (χ4n) is 2.05. The molecule has 0 bridgehead atoms. The van der Waals surface area contributed by atoms with Crippen molar-refractivity contribution in [2.24, 2.45) is 0 Å². The van der Waals surface area contributed by atoms with Gasteiger partial charge < -0.3 is 5.32 Å². The molecule has 0 aliphatic rings. The molecule has 2 heterocycles. The van der Waals surface area contributed by atoms with E-state index in [0.29, 0.717) is 9.47 Å². The lowest BCUT2D eigenvalue weighted by Gasteiger charge is -2.04. The van der Waals surface area contributed by atoms with Crippen LogP contribution in [0.1, 0.15) is 6.42 Å². The second kappa shape index (κ2) is 7.65. The van der Waals surface area contributed by atoms with Crippen LogP contribution in [0.2, 0.25) is 4.34 Å². The first-order valence-corrected chi connectivity index (χ1v) is 11.0. The van der Waals surface area contributed by atoms with Crippen LogP contribution >= 0.6 is 34.3 Å². The quantitative estimate of drug-likeness (QED) is 0.653. The Morgan fingerprint density at radius 1 is 1.16 bits per heavy atom. The second-order valence-corrected chi connectivity index (χ2v) is 9.75. The number of hydrogen-bond acceptors (Lipinski definition) is 6. The van der Waals surface area contributed by atoms with Gasteiger partial charge in [0.1, 0.15) is 0 Å². The zero-order chi connectivity index (χ0) is 17.9. The fourth-order valence-corrected chi connectivity index (χ4v) is 5.12. The molecule has 0 fully saturated rings. The molecular weight excluding hydrogens is 400 g/mol. The van der Waals surface area contributed by atoms with Crippen LogP contribution in [0.3, 0.4) is 0 Å². The summed E-state index contributed by atoms with van der Waals surface area (Å²) in [5.41, 5.74) is 0.731. The summed E-state index contributed by atoms with van der Waals surface area (Å²) in [5.74, 6) is -0.633. The lowest BCUT2D eigenvalue weighted by molar-refractivity contribution is -0.115. The van der Waals surface area contributed by atoms with Crippen molar-refractivity contribution in [1.82, 2.24) is 4.98 Å². The van der Waals surface area contributed by atoms with Crippen LogP contribution in [0.15, 0.2) is 52.7 Å². The van der Waals surface area contributed by atoms with Gasteiger partial charge in [0.15, 0.2) is 15.0 Å². The smallest absolute Gasteiger partial charge is 0.227 e. The number of carbonyl (C=O) groups excluding carboxylic acids is 1. The maximum atomic E-state index is 12.2. The minimum absolute atomic E-state index is 0.128. The first kappa shape index (κ1) is 18.1. The largest absolute Gasteiger partial charge is 0.302 e. The van der Waals surface area contributed by atoms with Crippen LogP contribution in [0.4, 0.5) is 5.13 Å². The predicted octanol–water partition coefficient (Wildman–Crippen LogP) is 4.33. The third-order valence-electron chi connectivity index (χ3n) is 3.28. The number of sulfone groups is 1. The number of aromatic nitrogens is 1. The Balaban J connectivity index is 1.59. The van der Waals surface area contributed by atoms with Crippen LogP contribution < -0.4 is 5.32 Å². The molecule has 0 aliphatic carbocycles. The van der Waals surface area contributed by atoms with Crippen molar-refractivity contribution >= 4 is 55.2 Å². The van der Waals surface area contributed by atoms with Gasteiger partial charge in [-0.25, -0.2) is 13.4 Å². The van der Waals surface area contributed by atoms with E-state index >= 15 is 0 Å². The summed E-state index contributed by atoms with van der Waals surface area (Å²) in [4.78, 5) is 17.5. The Morgan fingerprint density at radius 3 is 2.60 bits per heavy atom. The van der Waals surface area contributed by atoms with E-state index in [1.807, 2.05) is 11.4 Å². The van der Waals surface area contributed by atoms with Gasteiger partial charge in [-0.2, -0.15) is 0 Å². The van der Waals surface area contributed by atoms with E-state index in [-0.39, 0.29) is 23.0 Å². The third-order valence-corrected chi connectivity index (χ3v) is 7.02. The summed E-state index contributed by atoms with van der Waals surface area (Å²) in [6.45, 7) is 0. The van der Waals surface area contributed by atoms with Crippen LogP contribution in [-0.2, 0) is 14.6 Å². The predicted molar refractivity (Wildman–Crippen MR) is 102 cm³/mol. The van der Waals surface area contributed by atoms with Crippen LogP contribution in [0.5, 0.6) is 0 Å². The maximum Gasteiger partial charge on any atom is 0.227 e. The molecule has 5 nitrogen and oxygen atoms in total. The van der Waals surface area contributed by atoms with E-state index in [2.05, 4.69) is 10.3 Å². The molecule has 25 heavy (non-hydrogen) atoms. The Hall–Kier alpha value is -1.74. The summed E-state index contributed by atoms with van der Waals surface area (Å²) < 4.78 is 25.0. The summed E-state index contributed by atoms with van der Waals surface area (Å²) >= 11 is 8.59. The highest BCUT2D eigenvalue weighted by molar-refractivity contribution is 7.91. The minimum Gasteiger partial charge on any atom is -0.302 e. The van der Waals surface area contributed by atoms with Gasteiger partial charge in [-0.05, 0) is 24.3 Å². The molecular formula is C16H13ClN2O3S3. The number of anilines is 1. The Labute approximate surface area is 158 Å². The highest BCUT2D eigenvalue weighted by atomic mass is 35.5. The van der Waals surface area contributed by atoms with E-state index in [4.69, 9.17) is 11.6 Å². The molecule has 1 N–H and O–H groups in total. The van der Waals surface area contributed by atoms with Gasteiger partial charge in [0.05, 0.1) is 25.6 Å². The van der Waals surface area contributed by atoms with Gasteiger partial charge >= 0.3 is 0 Å². The molecule has 0 spiro atoms. The van der Waals surface area contributed by atoms with Crippen molar-refractivity contribution in [1.29, 1.82) is 0 Å². The van der Waals surface area contributed by atoms with E-state index in [1.165, 1.54) is 34.8 Å². The number of amides is 1. The second-order valence-electron chi connectivity index (χ2n) is 5.07. The zero-order valence-electron chi connectivity index (χ0n) is 12.8. The number of benzene rings is 1. The molecule has 3 aromatic rings. The molecule has 0 saturated carbocycles. The monoisotopic (exact) mass is 412 g/mol. The van der Waals surface area contributed by atoms with Crippen LogP contribution in [-0.4, -0.2) is 25.1 Å². The summed E-state index contributed by atoms with van der Waals surface area (Å²) in [5, 5.41) is 4.89.